The maximum absolute atomic E-state index is 11.3. The summed E-state index contributed by atoms with van der Waals surface area (Å²) < 4.78 is 4.52. The van der Waals surface area contributed by atoms with Crippen molar-refractivity contribution in [3.05, 3.63) is 27.8 Å². The number of benzene rings is 1. The van der Waals surface area contributed by atoms with Gasteiger partial charge in [-0.25, -0.2) is 4.79 Å². The van der Waals surface area contributed by atoms with E-state index in [4.69, 9.17) is 11.6 Å². The second-order valence-electron chi connectivity index (χ2n) is 2.91. The van der Waals surface area contributed by atoms with Crippen LogP contribution in [0.4, 0.5) is 0 Å². The number of carbonyl (C=O) groups excluding carboxylic acids is 2. The summed E-state index contributed by atoms with van der Waals surface area (Å²) in [5, 5.41) is 9.43. The fraction of sp³-hybridized carbons (Fsp3) is 0.200. The lowest BCUT2D eigenvalue weighted by Gasteiger charge is -2.08. The van der Waals surface area contributed by atoms with Crippen molar-refractivity contribution in [2.75, 3.05) is 7.11 Å². The molecule has 0 aliphatic carbocycles. The van der Waals surface area contributed by atoms with Crippen LogP contribution in [-0.2, 0) is 4.74 Å². The average Bonchev–Trinajstić information content (AvgIpc) is 2.25. The second kappa shape index (κ2) is 4.31. The summed E-state index contributed by atoms with van der Waals surface area (Å²) in [5.41, 5.74) is 0.514. The van der Waals surface area contributed by atoms with Gasteiger partial charge in [-0.1, -0.05) is 11.6 Å². The lowest BCUT2D eigenvalue weighted by Crippen LogP contribution is -2.05. The number of aldehydes is 1. The highest BCUT2D eigenvalue weighted by Crippen LogP contribution is 2.32. The predicted octanol–water partition coefficient (Wildman–Crippen LogP) is 1.95. The zero-order valence-electron chi connectivity index (χ0n) is 8.20. The molecular formula is C10H9ClO4. The third-order valence-electron chi connectivity index (χ3n) is 2.05. The predicted molar refractivity (Wildman–Crippen MR) is 54.6 cm³/mol. The summed E-state index contributed by atoms with van der Waals surface area (Å²) >= 11 is 5.75. The molecule has 0 amide bonds. The number of esters is 1. The van der Waals surface area contributed by atoms with Crippen LogP contribution in [0.25, 0.3) is 0 Å². The molecule has 0 saturated heterocycles. The van der Waals surface area contributed by atoms with Gasteiger partial charge in [-0.15, -0.1) is 0 Å². The summed E-state index contributed by atoms with van der Waals surface area (Å²) in [6.45, 7) is 1.56. The van der Waals surface area contributed by atoms with Crippen molar-refractivity contribution in [1.29, 1.82) is 0 Å². The molecule has 1 aromatic rings. The molecule has 0 heterocycles. The molecule has 4 nitrogen and oxygen atoms in total. The number of phenols is 1. The van der Waals surface area contributed by atoms with Gasteiger partial charge in [-0.05, 0) is 18.6 Å². The fourth-order valence-electron chi connectivity index (χ4n) is 1.17. The Morgan fingerprint density at radius 1 is 1.60 bits per heavy atom. The molecule has 15 heavy (non-hydrogen) atoms. The average molecular weight is 229 g/mol. The third-order valence-corrected chi connectivity index (χ3v) is 2.51. The number of hydrogen-bond acceptors (Lipinski definition) is 4. The Morgan fingerprint density at radius 2 is 2.20 bits per heavy atom. The van der Waals surface area contributed by atoms with Crippen molar-refractivity contribution in [2.24, 2.45) is 0 Å². The van der Waals surface area contributed by atoms with Crippen molar-refractivity contribution in [3.8, 4) is 5.75 Å². The minimum atomic E-state index is -0.600. The minimum absolute atomic E-state index is 0.0139. The zero-order chi connectivity index (χ0) is 11.6. The molecule has 0 radical (unpaired) electrons. The van der Waals surface area contributed by atoms with Gasteiger partial charge >= 0.3 is 5.97 Å². The van der Waals surface area contributed by atoms with E-state index in [0.717, 1.165) is 0 Å². The van der Waals surface area contributed by atoms with Crippen LogP contribution in [-0.4, -0.2) is 24.5 Å². The SMILES string of the molecule is COC(=O)c1cc(C=O)c(O)c(Cl)c1C. The van der Waals surface area contributed by atoms with E-state index < -0.39 is 5.97 Å². The Hall–Kier alpha value is -1.55. The largest absolute Gasteiger partial charge is 0.506 e. The van der Waals surface area contributed by atoms with Gasteiger partial charge in [0.15, 0.2) is 6.29 Å². The van der Waals surface area contributed by atoms with Crippen molar-refractivity contribution in [3.63, 3.8) is 0 Å². The normalized spacial score (nSPS) is 9.80. The van der Waals surface area contributed by atoms with Crippen LogP contribution in [0.2, 0.25) is 5.02 Å². The smallest absolute Gasteiger partial charge is 0.338 e. The minimum Gasteiger partial charge on any atom is -0.506 e. The molecule has 1 rings (SSSR count). The van der Waals surface area contributed by atoms with Gasteiger partial charge < -0.3 is 9.84 Å². The van der Waals surface area contributed by atoms with Crippen molar-refractivity contribution in [2.45, 2.75) is 6.92 Å². The van der Waals surface area contributed by atoms with Crippen molar-refractivity contribution >= 4 is 23.9 Å². The van der Waals surface area contributed by atoms with Crippen LogP contribution >= 0.6 is 11.6 Å². The highest BCUT2D eigenvalue weighted by atomic mass is 35.5. The summed E-state index contributed by atoms with van der Waals surface area (Å²) in [7, 11) is 1.23. The molecule has 0 saturated carbocycles. The van der Waals surface area contributed by atoms with Gasteiger partial charge in [0.1, 0.15) is 5.75 Å². The highest BCUT2D eigenvalue weighted by Gasteiger charge is 2.17. The number of carbonyl (C=O) groups is 2. The van der Waals surface area contributed by atoms with Crippen LogP contribution in [0.5, 0.6) is 5.75 Å². The molecule has 1 aromatic carbocycles. The van der Waals surface area contributed by atoms with Gasteiger partial charge in [0.25, 0.3) is 0 Å². The maximum atomic E-state index is 11.3. The first-order valence-electron chi connectivity index (χ1n) is 4.08. The van der Waals surface area contributed by atoms with Gasteiger partial charge in [-0.2, -0.15) is 0 Å². The van der Waals surface area contributed by atoms with Crippen molar-refractivity contribution < 1.29 is 19.4 Å². The van der Waals surface area contributed by atoms with E-state index in [-0.39, 0.29) is 21.9 Å². The van der Waals surface area contributed by atoms with Crippen molar-refractivity contribution in [1.82, 2.24) is 0 Å². The van der Waals surface area contributed by atoms with Crippen LogP contribution in [0.15, 0.2) is 6.07 Å². The van der Waals surface area contributed by atoms with E-state index in [1.54, 1.807) is 6.92 Å². The highest BCUT2D eigenvalue weighted by molar-refractivity contribution is 6.33. The molecule has 0 atom stereocenters. The number of ether oxygens (including phenoxy) is 1. The van der Waals surface area contributed by atoms with E-state index >= 15 is 0 Å². The van der Waals surface area contributed by atoms with E-state index in [2.05, 4.69) is 4.74 Å². The summed E-state index contributed by atoms with van der Waals surface area (Å²) in [6, 6.07) is 1.25. The maximum Gasteiger partial charge on any atom is 0.338 e. The zero-order valence-corrected chi connectivity index (χ0v) is 8.96. The van der Waals surface area contributed by atoms with E-state index in [0.29, 0.717) is 11.8 Å². The Kier molecular flexibility index (Phi) is 3.31. The van der Waals surface area contributed by atoms with E-state index in [9.17, 15) is 14.7 Å². The second-order valence-corrected chi connectivity index (χ2v) is 3.29. The fourth-order valence-corrected chi connectivity index (χ4v) is 1.38. The first-order chi connectivity index (χ1) is 7.02. The number of methoxy groups -OCH3 is 1. The molecule has 1 N–H and O–H groups in total. The molecule has 0 fully saturated rings. The molecular weight excluding hydrogens is 220 g/mol. The molecule has 0 aliphatic heterocycles. The Bertz CT molecular complexity index is 426. The third kappa shape index (κ3) is 1.94. The van der Waals surface area contributed by atoms with Gasteiger partial charge in [0.2, 0.25) is 0 Å². The summed E-state index contributed by atoms with van der Waals surface area (Å²) in [4.78, 5) is 21.9. The van der Waals surface area contributed by atoms with Gasteiger partial charge in [0.05, 0.1) is 23.3 Å². The summed E-state index contributed by atoms with van der Waals surface area (Å²) in [5.74, 6) is -0.922. The molecule has 0 bridgehead atoms. The Balaban J connectivity index is 3.48. The summed E-state index contributed by atoms with van der Waals surface area (Å²) in [6.07, 6.45) is 0.424. The van der Waals surface area contributed by atoms with Crippen LogP contribution < -0.4 is 0 Å². The first-order valence-corrected chi connectivity index (χ1v) is 4.46. The number of halogens is 1. The van der Waals surface area contributed by atoms with Gasteiger partial charge in [-0.3, -0.25) is 4.79 Å². The number of hydrogen-bond donors (Lipinski definition) is 1. The molecule has 80 valence electrons. The van der Waals surface area contributed by atoms with Gasteiger partial charge in [0, 0.05) is 0 Å². The van der Waals surface area contributed by atoms with E-state index in [1.165, 1.54) is 13.2 Å². The lowest BCUT2D eigenvalue weighted by molar-refractivity contribution is 0.0600. The first kappa shape index (κ1) is 11.5. The standard InChI is InChI=1S/C10H9ClO4/c1-5-7(10(14)15-2)3-6(4-12)9(13)8(5)11/h3-4,13H,1-2H3. The monoisotopic (exact) mass is 228 g/mol. The Labute approximate surface area is 91.4 Å². The number of aromatic hydroxyl groups is 1. The van der Waals surface area contributed by atoms with E-state index in [1.807, 2.05) is 0 Å². The quantitative estimate of drug-likeness (QED) is 0.621. The number of rotatable bonds is 2. The number of phenolic OH excluding ortho intramolecular Hbond substituents is 1. The topological polar surface area (TPSA) is 63.6 Å². The molecule has 0 aliphatic rings. The molecule has 0 aromatic heterocycles. The molecule has 0 spiro atoms. The Morgan fingerprint density at radius 3 is 2.67 bits per heavy atom. The lowest BCUT2D eigenvalue weighted by atomic mass is 10.0. The molecule has 0 unspecified atom stereocenters. The van der Waals surface area contributed by atoms with Crippen LogP contribution in [0.3, 0.4) is 0 Å². The molecule has 5 heteroatoms. The van der Waals surface area contributed by atoms with Crippen LogP contribution in [0, 0.1) is 6.92 Å². The van der Waals surface area contributed by atoms with Crippen LogP contribution in [0.1, 0.15) is 26.3 Å².